The van der Waals surface area contributed by atoms with E-state index in [-0.39, 0.29) is 12.1 Å². The Morgan fingerprint density at radius 2 is 1.42 bits per heavy atom. The highest BCUT2D eigenvalue weighted by Gasteiger charge is 2.31. The maximum absolute atomic E-state index is 13.2. The minimum Gasteiger partial charge on any atom is -0.320 e. The molecule has 0 spiro atoms. The van der Waals surface area contributed by atoms with Gasteiger partial charge >= 0.3 is 12.2 Å². The molecule has 1 unspecified atom stereocenters. The molecular formula is C29H26ClF3N4O. The highest BCUT2D eigenvalue weighted by molar-refractivity contribution is 6.30. The predicted molar refractivity (Wildman–Crippen MR) is 141 cm³/mol. The molecule has 2 heterocycles. The van der Waals surface area contributed by atoms with E-state index >= 15 is 0 Å². The zero-order valence-electron chi connectivity index (χ0n) is 20.7. The Morgan fingerprint density at radius 1 is 0.842 bits per heavy atom. The number of piperazine rings is 1. The Hall–Kier alpha value is -3.62. The maximum Gasteiger partial charge on any atom is 0.416 e. The largest absolute Gasteiger partial charge is 0.416 e. The number of carbonyl (C=O) groups excluding carboxylic acids is 1. The summed E-state index contributed by atoms with van der Waals surface area (Å²) < 4.78 is 39.8. The van der Waals surface area contributed by atoms with E-state index in [9.17, 15) is 18.0 Å². The molecule has 1 amide bonds. The molecule has 1 atom stereocenters. The molecule has 1 saturated heterocycles. The number of hydrogen-bond acceptors (Lipinski definition) is 3. The van der Waals surface area contributed by atoms with Gasteiger partial charge in [0, 0.05) is 43.0 Å². The summed E-state index contributed by atoms with van der Waals surface area (Å²) >= 11 is 6.14. The number of alkyl halides is 3. The second-order valence-corrected chi connectivity index (χ2v) is 9.86. The first-order valence-electron chi connectivity index (χ1n) is 12.3. The summed E-state index contributed by atoms with van der Waals surface area (Å²) in [6, 6.07) is 20.9. The predicted octanol–water partition coefficient (Wildman–Crippen LogP) is 6.91. The molecule has 1 aliphatic rings. The van der Waals surface area contributed by atoms with E-state index < -0.39 is 11.7 Å². The van der Waals surface area contributed by atoms with E-state index in [2.05, 4.69) is 41.2 Å². The van der Waals surface area contributed by atoms with Crippen LogP contribution in [0.25, 0.3) is 11.1 Å². The van der Waals surface area contributed by atoms with Crippen molar-refractivity contribution >= 4 is 17.6 Å². The van der Waals surface area contributed by atoms with Crippen LogP contribution in [-0.4, -0.2) is 51.8 Å². The first-order chi connectivity index (χ1) is 18.2. The van der Waals surface area contributed by atoms with Gasteiger partial charge in [0.2, 0.25) is 0 Å². The lowest BCUT2D eigenvalue weighted by Gasteiger charge is -2.39. The number of nitrogens with zero attached hydrogens (tertiary/aromatic N) is 4. The number of rotatable bonds is 4. The second-order valence-electron chi connectivity index (χ2n) is 9.42. The maximum atomic E-state index is 13.2. The van der Waals surface area contributed by atoms with E-state index in [0.29, 0.717) is 42.3 Å². The monoisotopic (exact) mass is 538 g/mol. The van der Waals surface area contributed by atoms with Gasteiger partial charge in [-0.1, -0.05) is 65.7 Å². The summed E-state index contributed by atoms with van der Waals surface area (Å²) in [5.41, 5.74) is 3.91. The summed E-state index contributed by atoms with van der Waals surface area (Å²) in [7, 11) is 0. The smallest absolute Gasteiger partial charge is 0.320 e. The Labute approximate surface area is 224 Å². The number of hydrogen-bond donors (Lipinski definition) is 0. The molecule has 0 N–H and O–H groups in total. The zero-order chi connectivity index (χ0) is 26.9. The topological polar surface area (TPSA) is 41.4 Å². The van der Waals surface area contributed by atoms with Gasteiger partial charge in [-0.2, -0.15) is 23.0 Å². The molecular weight excluding hydrogens is 513 g/mol. The third-order valence-corrected chi connectivity index (χ3v) is 7.10. The van der Waals surface area contributed by atoms with E-state index in [1.165, 1.54) is 34.1 Å². The number of aromatic nitrogens is 2. The van der Waals surface area contributed by atoms with Crippen LogP contribution in [0.3, 0.4) is 0 Å². The lowest BCUT2D eigenvalue weighted by molar-refractivity contribution is -0.137. The van der Waals surface area contributed by atoms with Crippen LogP contribution in [0.1, 0.15) is 28.3 Å². The lowest BCUT2D eigenvalue weighted by Crippen LogP contribution is -2.51. The fourth-order valence-electron chi connectivity index (χ4n) is 4.75. The molecule has 0 radical (unpaired) electrons. The number of halogens is 4. The summed E-state index contributed by atoms with van der Waals surface area (Å²) in [6.45, 7) is 4.43. The fraction of sp³-hybridized carbons (Fsp3) is 0.241. The van der Waals surface area contributed by atoms with Crippen LogP contribution in [0.15, 0.2) is 85.2 Å². The average Bonchev–Trinajstić information content (AvgIpc) is 3.41. The summed E-state index contributed by atoms with van der Waals surface area (Å²) in [4.78, 5) is 17.3. The van der Waals surface area contributed by atoms with Crippen LogP contribution >= 0.6 is 11.6 Å². The lowest BCUT2D eigenvalue weighted by atomic mass is 9.95. The molecule has 1 aromatic heterocycles. The highest BCUT2D eigenvalue weighted by Crippen LogP contribution is 2.32. The molecule has 196 valence electrons. The van der Waals surface area contributed by atoms with E-state index in [4.69, 9.17) is 11.6 Å². The quantitative estimate of drug-likeness (QED) is 0.284. The molecule has 1 fully saturated rings. The van der Waals surface area contributed by atoms with Crippen LogP contribution in [0.5, 0.6) is 0 Å². The molecule has 1 aliphatic heterocycles. The second kappa shape index (κ2) is 10.6. The standard InChI is InChI=1S/C29H26ClF3N4O/c1-20-2-4-22(5-3-20)27(23-8-12-26(30)13-9-23)35-14-16-36(17-15-35)28(38)37-19-24(18-34-37)21-6-10-25(11-7-21)29(31,32)33/h2-13,18-19,27H,14-17H2,1H3. The summed E-state index contributed by atoms with van der Waals surface area (Å²) in [6.07, 6.45) is -1.35. The molecule has 0 bridgehead atoms. The van der Waals surface area contributed by atoms with Gasteiger partial charge in [-0.25, -0.2) is 4.79 Å². The number of carbonyl (C=O) groups is 1. The Balaban J connectivity index is 1.28. The minimum absolute atomic E-state index is 0.0288. The van der Waals surface area contributed by atoms with Crippen molar-refractivity contribution in [3.05, 3.63) is 112 Å². The van der Waals surface area contributed by atoms with Gasteiger partial charge in [-0.05, 0) is 47.9 Å². The van der Waals surface area contributed by atoms with Gasteiger partial charge in [-0.15, -0.1) is 0 Å². The molecule has 38 heavy (non-hydrogen) atoms. The summed E-state index contributed by atoms with van der Waals surface area (Å²) in [5, 5.41) is 4.86. The first kappa shape index (κ1) is 26.0. The van der Waals surface area contributed by atoms with Crippen LogP contribution in [0.4, 0.5) is 18.0 Å². The van der Waals surface area contributed by atoms with Gasteiger partial charge in [0.15, 0.2) is 0 Å². The Bertz CT molecular complexity index is 1350. The minimum atomic E-state index is -4.40. The van der Waals surface area contributed by atoms with E-state index in [1.807, 2.05) is 24.3 Å². The molecule has 0 saturated carbocycles. The average molecular weight is 539 g/mol. The van der Waals surface area contributed by atoms with Crippen molar-refractivity contribution in [1.29, 1.82) is 0 Å². The van der Waals surface area contributed by atoms with E-state index in [0.717, 1.165) is 17.7 Å². The van der Waals surface area contributed by atoms with Gasteiger partial charge in [0.25, 0.3) is 0 Å². The van der Waals surface area contributed by atoms with Crippen molar-refractivity contribution in [1.82, 2.24) is 19.6 Å². The number of benzene rings is 3. The van der Waals surface area contributed by atoms with Gasteiger partial charge < -0.3 is 4.90 Å². The van der Waals surface area contributed by atoms with Crippen LogP contribution in [-0.2, 0) is 6.18 Å². The SMILES string of the molecule is Cc1ccc(C(c2ccc(Cl)cc2)N2CCN(C(=O)n3cc(-c4ccc(C(F)(F)F)cc4)cn3)CC2)cc1. The molecule has 3 aromatic carbocycles. The van der Waals surface area contributed by atoms with E-state index in [1.54, 1.807) is 11.1 Å². The zero-order valence-corrected chi connectivity index (χ0v) is 21.5. The van der Waals surface area contributed by atoms with Crippen molar-refractivity contribution in [3.8, 4) is 11.1 Å². The highest BCUT2D eigenvalue weighted by atomic mass is 35.5. The van der Waals surface area contributed by atoms with Crippen molar-refractivity contribution in [2.45, 2.75) is 19.1 Å². The number of aryl methyl sites for hydroxylation is 1. The number of amides is 1. The third kappa shape index (κ3) is 5.61. The van der Waals surface area contributed by atoms with Crippen molar-refractivity contribution in [3.63, 3.8) is 0 Å². The fourth-order valence-corrected chi connectivity index (χ4v) is 4.88. The molecule has 4 aromatic rings. The molecule has 0 aliphatic carbocycles. The summed E-state index contributed by atoms with van der Waals surface area (Å²) in [5.74, 6) is 0. The van der Waals surface area contributed by atoms with Gasteiger partial charge in [0.05, 0.1) is 17.8 Å². The molecule has 9 heteroatoms. The van der Waals surface area contributed by atoms with Gasteiger partial charge in [0.1, 0.15) is 0 Å². The normalized spacial score (nSPS) is 15.4. The van der Waals surface area contributed by atoms with Crippen LogP contribution in [0.2, 0.25) is 5.02 Å². The van der Waals surface area contributed by atoms with Crippen molar-refractivity contribution in [2.24, 2.45) is 0 Å². The van der Waals surface area contributed by atoms with Crippen LogP contribution < -0.4 is 0 Å². The third-order valence-electron chi connectivity index (χ3n) is 6.85. The first-order valence-corrected chi connectivity index (χ1v) is 12.6. The van der Waals surface area contributed by atoms with Crippen molar-refractivity contribution < 1.29 is 18.0 Å². The van der Waals surface area contributed by atoms with Crippen molar-refractivity contribution in [2.75, 3.05) is 26.2 Å². The molecule has 5 nitrogen and oxygen atoms in total. The van der Waals surface area contributed by atoms with Gasteiger partial charge in [-0.3, -0.25) is 4.90 Å². The Kier molecular flexibility index (Phi) is 7.27. The Morgan fingerprint density at radius 3 is 2.00 bits per heavy atom. The van der Waals surface area contributed by atoms with Crippen LogP contribution in [0, 0.1) is 6.92 Å². The molecule has 5 rings (SSSR count).